The first-order chi connectivity index (χ1) is 12.2. The first-order valence-electron chi connectivity index (χ1n) is 8.38. The molecule has 2 amide bonds. The van der Waals surface area contributed by atoms with Gasteiger partial charge >= 0.3 is 6.03 Å². The minimum absolute atomic E-state index is 0.0551. The smallest absolute Gasteiger partial charge is 0.323 e. The van der Waals surface area contributed by atoms with Gasteiger partial charge in [-0.05, 0) is 25.8 Å². The highest BCUT2D eigenvalue weighted by Crippen LogP contribution is 2.22. The maximum atomic E-state index is 12.8. The molecule has 2 heterocycles. The molecule has 0 saturated carbocycles. The van der Waals surface area contributed by atoms with Crippen LogP contribution in [0.1, 0.15) is 24.2 Å². The van der Waals surface area contributed by atoms with E-state index in [2.05, 4.69) is 10.5 Å². The fourth-order valence-corrected chi connectivity index (χ4v) is 2.91. The Hall–Kier alpha value is -2.54. The highest BCUT2D eigenvalue weighted by molar-refractivity contribution is 5.88. The lowest BCUT2D eigenvalue weighted by Gasteiger charge is -2.26. The van der Waals surface area contributed by atoms with E-state index in [9.17, 15) is 4.79 Å². The molecule has 1 aliphatic heterocycles. The molecule has 2 aromatic rings. The van der Waals surface area contributed by atoms with Crippen molar-refractivity contribution in [2.45, 2.75) is 32.4 Å². The summed E-state index contributed by atoms with van der Waals surface area (Å²) in [4.78, 5) is 14.5. The van der Waals surface area contributed by atoms with Crippen LogP contribution in [-0.4, -0.2) is 42.5 Å². The summed E-state index contributed by atoms with van der Waals surface area (Å²) in [5, 5.41) is 6.60. The number of para-hydroxylation sites is 1. The summed E-state index contributed by atoms with van der Waals surface area (Å²) in [7, 11) is 1.63. The highest BCUT2D eigenvalue weighted by atomic mass is 16.5. The van der Waals surface area contributed by atoms with Crippen LogP contribution in [0, 0.1) is 6.92 Å². The van der Waals surface area contributed by atoms with Crippen molar-refractivity contribution in [2.75, 3.05) is 25.6 Å². The van der Waals surface area contributed by atoms with Gasteiger partial charge in [-0.25, -0.2) is 4.79 Å². The van der Waals surface area contributed by atoms with Gasteiger partial charge in [0.05, 0.1) is 19.8 Å². The molecule has 0 radical (unpaired) electrons. The molecule has 0 aliphatic carbocycles. The Morgan fingerprint density at radius 3 is 2.96 bits per heavy atom. The molecule has 1 saturated heterocycles. The number of rotatable bonds is 6. The van der Waals surface area contributed by atoms with E-state index < -0.39 is 0 Å². The quantitative estimate of drug-likeness (QED) is 0.870. The van der Waals surface area contributed by atoms with Crippen molar-refractivity contribution < 1.29 is 18.8 Å². The predicted octanol–water partition coefficient (Wildman–Crippen LogP) is 3.20. The molecule has 1 fully saturated rings. The van der Waals surface area contributed by atoms with Crippen LogP contribution in [0.2, 0.25) is 0 Å². The van der Waals surface area contributed by atoms with Crippen molar-refractivity contribution in [3.63, 3.8) is 0 Å². The van der Waals surface area contributed by atoms with Crippen molar-refractivity contribution in [1.29, 1.82) is 0 Å². The number of benzene rings is 1. The van der Waals surface area contributed by atoms with E-state index in [0.29, 0.717) is 24.7 Å². The number of aromatic nitrogens is 1. The van der Waals surface area contributed by atoms with Gasteiger partial charge < -0.3 is 18.9 Å². The van der Waals surface area contributed by atoms with E-state index in [4.69, 9.17) is 14.0 Å². The number of ether oxygens (including phenoxy) is 2. The number of nitrogens with one attached hydrogen (secondary N) is 1. The van der Waals surface area contributed by atoms with E-state index in [1.165, 1.54) is 0 Å². The number of carbonyl (C=O) groups excluding carboxylic acids is 1. The molecule has 0 bridgehead atoms. The van der Waals surface area contributed by atoms with Crippen LogP contribution < -0.4 is 10.1 Å². The molecule has 1 aliphatic rings. The molecule has 7 heteroatoms. The molecule has 134 valence electrons. The van der Waals surface area contributed by atoms with E-state index in [1.807, 2.05) is 24.3 Å². The fraction of sp³-hybridized carbons (Fsp3) is 0.444. The Balaban J connectivity index is 1.74. The first-order valence-corrected chi connectivity index (χ1v) is 8.38. The van der Waals surface area contributed by atoms with Gasteiger partial charge in [-0.15, -0.1) is 0 Å². The molecule has 0 unspecified atom stereocenters. The van der Waals surface area contributed by atoms with Crippen LogP contribution in [0.25, 0.3) is 0 Å². The summed E-state index contributed by atoms with van der Waals surface area (Å²) in [6, 6.07) is 9.12. The second-order valence-corrected chi connectivity index (χ2v) is 6.08. The second-order valence-electron chi connectivity index (χ2n) is 6.08. The normalized spacial score (nSPS) is 16.6. The molecule has 1 aromatic heterocycles. The van der Waals surface area contributed by atoms with Crippen LogP contribution in [-0.2, 0) is 11.3 Å². The molecular weight excluding hydrogens is 322 g/mol. The Morgan fingerprint density at radius 1 is 1.44 bits per heavy atom. The summed E-state index contributed by atoms with van der Waals surface area (Å²) in [6.45, 7) is 3.46. The fourth-order valence-electron chi connectivity index (χ4n) is 2.91. The van der Waals surface area contributed by atoms with Gasteiger partial charge in [0.15, 0.2) is 5.82 Å². The molecule has 1 aromatic carbocycles. The third-order valence-electron chi connectivity index (χ3n) is 4.15. The average molecular weight is 345 g/mol. The van der Waals surface area contributed by atoms with Crippen molar-refractivity contribution in [3.8, 4) is 5.75 Å². The summed E-state index contributed by atoms with van der Waals surface area (Å²) in [5.41, 5.74) is 0.939. The number of nitrogens with zero attached hydrogens (tertiary/aromatic N) is 2. The van der Waals surface area contributed by atoms with Crippen molar-refractivity contribution in [1.82, 2.24) is 10.1 Å². The van der Waals surface area contributed by atoms with Gasteiger partial charge in [-0.1, -0.05) is 23.4 Å². The zero-order chi connectivity index (χ0) is 17.6. The van der Waals surface area contributed by atoms with Gasteiger partial charge in [-0.3, -0.25) is 5.32 Å². The number of carbonyl (C=O) groups is 1. The first kappa shape index (κ1) is 17.3. The summed E-state index contributed by atoms with van der Waals surface area (Å²) < 4.78 is 16.1. The van der Waals surface area contributed by atoms with E-state index in [-0.39, 0.29) is 12.1 Å². The number of urea groups is 1. The lowest BCUT2D eigenvalue weighted by molar-refractivity contribution is 0.0817. The molecule has 25 heavy (non-hydrogen) atoms. The van der Waals surface area contributed by atoms with Gasteiger partial charge in [0, 0.05) is 24.8 Å². The van der Waals surface area contributed by atoms with Gasteiger partial charge in [0.1, 0.15) is 11.5 Å². The zero-order valence-corrected chi connectivity index (χ0v) is 14.5. The minimum atomic E-state index is -0.241. The Labute approximate surface area is 146 Å². The summed E-state index contributed by atoms with van der Waals surface area (Å²) >= 11 is 0. The highest BCUT2D eigenvalue weighted by Gasteiger charge is 2.24. The number of hydrogen-bond donors (Lipinski definition) is 1. The summed E-state index contributed by atoms with van der Waals surface area (Å²) in [5.74, 6) is 1.80. The lowest BCUT2D eigenvalue weighted by Crippen LogP contribution is -2.39. The van der Waals surface area contributed by atoms with Crippen LogP contribution in [0.3, 0.4) is 0 Å². The van der Waals surface area contributed by atoms with Crippen LogP contribution >= 0.6 is 0 Å². The monoisotopic (exact) mass is 345 g/mol. The Morgan fingerprint density at radius 2 is 2.28 bits per heavy atom. The Kier molecular flexibility index (Phi) is 5.55. The van der Waals surface area contributed by atoms with Crippen molar-refractivity contribution in [2.24, 2.45) is 0 Å². The lowest BCUT2D eigenvalue weighted by atomic mass is 10.1. The zero-order valence-electron chi connectivity index (χ0n) is 14.5. The molecule has 7 nitrogen and oxygen atoms in total. The minimum Gasteiger partial charge on any atom is -0.496 e. The largest absolute Gasteiger partial charge is 0.496 e. The maximum absolute atomic E-state index is 12.8. The standard InChI is InChI=1S/C18H23N3O4/c1-13-10-17(20-25-13)19-18(22)21(12-15-7-5-9-24-15)11-14-6-3-4-8-16(14)23-2/h3-4,6,8,10,15H,5,7,9,11-12H2,1-2H3,(H,19,20,22)/t15-/m1/s1. The predicted molar refractivity (Wildman–Crippen MR) is 92.6 cm³/mol. The van der Waals surface area contributed by atoms with Crippen molar-refractivity contribution >= 4 is 11.8 Å². The third-order valence-corrected chi connectivity index (χ3v) is 4.15. The molecule has 1 N–H and O–H groups in total. The van der Waals surface area contributed by atoms with Gasteiger partial charge in [-0.2, -0.15) is 0 Å². The van der Waals surface area contributed by atoms with E-state index in [0.717, 1.165) is 30.8 Å². The molecule has 3 rings (SSSR count). The number of methoxy groups -OCH3 is 1. The maximum Gasteiger partial charge on any atom is 0.323 e. The van der Waals surface area contributed by atoms with Gasteiger partial charge in [0.25, 0.3) is 0 Å². The molecule has 1 atom stereocenters. The second kappa shape index (κ2) is 8.02. The summed E-state index contributed by atoms with van der Waals surface area (Å²) in [6.07, 6.45) is 2.04. The van der Waals surface area contributed by atoms with E-state index in [1.54, 1.807) is 25.0 Å². The van der Waals surface area contributed by atoms with E-state index >= 15 is 0 Å². The Bertz CT molecular complexity index is 710. The average Bonchev–Trinajstić information content (AvgIpc) is 3.26. The van der Waals surface area contributed by atoms with Crippen LogP contribution in [0.5, 0.6) is 5.75 Å². The number of aryl methyl sites for hydroxylation is 1. The van der Waals surface area contributed by atoms with Crippen LogP contribution in [0.15, 0.2) is 34.9 Å². The van der Waals surface area contributed by atoms with Crippen molar-refractivity contribution in [3.05, 3.63) is 41.7 Å². The van der Waals surface area contributed by atoms with Gasteiger partial charge in [0.2, 0.25) is 0 Å². The third kappa shape index (κ3) is 4.51. The number of anilines is 1. The molecule has 0 spiro atoms. The SMILES string of the molecule is COc1ccccc1CN(C[C@H]1CCCO1)C(=O)Nc1cc(C)on1. The topological polar surface area (TPSA) is 76.8 Å². The number of hydrogen-bond acceptors (Lipinski definition) is 5. The van der Waals surface area contributed by atoms with Crippen LogP contribution in [0.4, 0.5) is 10.6 Å². The molecular formula is C18H23N3O4. The number of amides is 2.